The molecule has 3 N–H and O–H groups in total. The van der Waals surface area contributed by atoms with E-state index in [1.165, 1.54) is 0 Å². The Kier molecular flexibility index (Phi) is 6.87. The fraction of sp³-hybridized carbons (Fsp3) is 0.391. The summed E-state index contributed by atoms with van der Waals surface area (Å²) in [6.07, 6.45) is 1.25. The Morgan fingerprint density at radius 3 is 2.60 bits per heavy atom. The van der Waals surface area contributed by atoms with Crippen molar-refractivity contribution in [3.63, 3.8) is 0 Å². The lowest BCUT2D eigenvalue weighted by molar-refractivity contribution is -0.146. The van der Waals surface area contributed by atoms with E-state index in [-0.39, 0.29) is 23.8 Å². The molecular weight excluding hydrogens is 404 g/mol. The molecule has 30 heavy (non-hydrogen) atoms. The fourth-order valence-corrected chi connectivity index (χ4v) is 3.95. The van der Waals surface area contributed by atoms with Crippen LogP contribution >= 0.6 is 11.6 Å². The number of amides is 1. The van der Waals surface area contributed by atoms with Gasteiger partial charge in [-0.05, 0) is 74.6 Å². The molecule has 1 aliphatic rings. The summed E-state index contributed by atoms with van der Waals surface area (Å²) in [7, 11) is 1.63. The monoisotopic (exact) mass is 430 g/mol. The van der Waals surface area contributed by atoms with E-state index in [2.05, 4.69) is 10.6 Å². The summed E-state index contributed by atoms with van der Waals surface area (Å²) in [5, 5.41) is 15.9. The molecule has 0 radical (unpaired) electrons. The normalized spacial score (nSPS) is 18.8. The summed E-state index contributed by atoms with van der Waals surface area (Å²) in [6.45, 7) is 4.48. The Labute approximate surface area is 181 Å². The van der Waals surface area contributed by atoms with Gasteiger partial charge in [0, 0.05) is 28.4 Å². The topological polar surface area (TPSA) is 87.7 Å². The molecule has 0 saturated heterocycles. The van der Waals surface area contributed by atoms with Crippen LogP contribution in [0.1, 0.15) is 47.3 Å². The van der Waals surface area contributed by atoms with E-state index in [1.54, 1.807) is 19.2 Å². The third-order valence-electron chi connectivity index (χ3n) is 5.66. The number of nitrogens with one attached hydrogen (secondary N) is 2. The van der Waals surface area contributed by atoms with E-state index in [9.17, 15) is 9.59 Å². The number of carbonyl (C=O) groups is 2. The second kappa shape index (κ2) is 9.39. The maximum Gasteiger partial charge on any atom is 0.306 e. The summed E-state index contributed by atoms with van der Waals surface area (Å²) in [4.78, 5) is 23.3. The Hall–Kier alpha value is -2.73. The predicted octanol–water partition coefficient (Wildman–Crippen LogP) is 4.67. The lowest BCUT2D eigenvalue weighted by Gasteiger charge is -2.32. The number of aryl methyl sites for hydroxylation is 1. The molecule has 1 saturated carbocycles. The van der Waals surface area contributed by atoms with Gasteiger partial charge in [0.25, 0.3) is 5.91 Å². The molecule has 1 atom stereocenters. The zero-order chi connectivity index (χ0) is 21.8. The van der Waals surface area contributed by atoms with E-state index in [4.69, 9.17) is 21.4 Å². The van der Waals surface area contributed by atoms with Gasteiger partial charge in [-0.25, -0.2) is 0 Å². The van der Waals surface area contributed by atoms with Gasteiger partial charge in [0.05, 0.1) is 19.1 Å². The number of halogens is 1. The second-order valence-corrected chi connectivity index (χ2v) is 8.30. The molecule has 2 aromatic rings. The van der Waals surface area contributed by atoms with Crippen molar-refractivity contribution >= 4 is 29.2 Å². The van der Waals surface area contributed by atoms with Crippen molar-refractivity contribution in [2.24, 2.45) is 11.8 Å². The SMILES string of the molecule is COc1ccc(Cl)cc1[C@H](C)Nc1ccc(C(=O)NCC2CC(C(=O)O)C2)cc1C. The van der Waals surface area contributed by atoms with Crippen molar-refractivity contribution in [2.45, 2.75) is 32.7 Å². The lowest BCUT2D eigenvalue weighted by Crippen LogP contribution is -2.38. The van der Waals surface area contributed by atoms with Crippen LogP contribution < -0.4 is 15.4 Å². The van der Waals surface area contributed by atoms with Crippen LogP contribution in [-0.4, -0.2) is 30.6 Å². The zero-order valence-corrected chi connectivity index (χ0v) is 18.1. The van der Waals surface area contributed by atoms with Gasteiger partial charge in [-0.2, -0.15) is 0 Å². The Balaban J connectivity index is 1.60. The molecule has 6 nitrogen and oxygen atoms in total. The average Bonchev–Trinajstić information content (AvgIpc) is 2.67. The molecule has 0 unspecified atom stereocenters. The number of rotatable bonds is 8. The number of aliphatic carboxylic acids is 1. The number of benzene rings is 2. The molecule has 1 fully saturated rings. The molecule has 0 aliphatic heterocycles. The highest BCUT2D eigenvalue weighted by atomic mass is 35.5. The first-order chi connectivity index (χ1) is 14.3. The van der Waals surface area contributed by atoms with Crippen molar-refractivity contribution in [1.82, 2.24) is 5.32 Å². The van der Waals surface area contributed by atoms with Crippen LogP contribution in [0.5, 0.6) is 5.75 Å². The molecule has 0 bridgehead atoms. The minimum absolute atomic E-state index is 0.0437. The van der Waals surface area contributed by atoms with Gasteiger partial charge in [-0.1, -0.05) is 11.6 Å². The summed E-state index contributed by atoms with van der Waals surface area (Å²) >= 11 is 6.14. The minimum Gasteiger partial charge on any atom is -0.496 e. The molecule has 3 rings (SSSR count). The summed E-state index contributed by atoms with van der Waals surface area (Å²) in [5.41, 5.74) is 3.40. The van der Waals surface area contributed by atoms with E-state index < -0.39 is 5.97 Å². The van der Waals surface area contributed by atoms with Gasteiger partial charge in [0.2, 0.25) is 0 Å². The van der Waals surface area contributed by atoms with Crippen LogP contribution in [0, 0.1) is 18.8 Å². The van der Waals surface area contributed by atoms with Crippen LogP contribution in [0.4, 0.5) is 5.69 Å². The number of carboxylic acid groups (broad SMARTS) is 1. The van der Waals surface area contributed by atoms with Gasteiger partial charge < -0.3 is 20.5 Å². The summed E-state index contributed by atoms with van der Waals surface area (Å²) in [6, 6.07) is 11.0. The third kappa shape index (κ3) is 5.05. The first-order valence-corrected chi connectivity index (χ1v) is 10.4. The van der Waals surface area contributed by atoms with Crippen molar-refractivity contribution in [2.75, 3.05) is 19.0 Å². The van der Waals surface area contributed by atoms with Crippen molar-refractivity contribution < 1.29 is 19.4 Å². The van der Waals surface area contributed by atoms with Crippen molar-refractivity contribution in [3.05, 3.63) is 58.1 Å². The van der Waals surface area contributed by atoms with E-state index in [0.717, 1.165) is 22.6 Å². The largest absolute Gasteiger partial charge is 0.496 e. The minimum atomic E-state index is -0.749. The van der Waals surface area contributed by atoms with Crippen molar-refractivity contribution in [3.8, 4) is 5.75 Å². The summed E-state index contributed by atoms with van der Waals surface area (Å²) < 4.78 is 5.44. The van der Waals surface area contributed by atoms with E-state index >= 15 is 0 Å². The molecule has 160 valence electrons. The van der Waals surface area contributed by atoms with Gasteiger partial charge in [-0.3, -0.25) is 9.59 Å². The maximum atomic E-state index is 12.5. The highest BCUT2D eigenvalue weighted by Gasteiger charge is 2.34. The maximum absolute atomic E-state index is 12.5. The first kappa shape index (κ1) is 22.0. The molecule has 0 spiro atoms. The third-order valence-corrected chi connectivity index (χ3v) is 5.89. The number of methoxy groups -OCH3 is 1. The summed E-state index contributed by atoms with van der Waals surface area (Å²) in [5.74, 6) is -0.159. The molecular formula is C23H27ClN2O4. The van der Waals surface area contributed by atoms with Crippen LogP contribution in [0.15, 0.2) is 36.4 Å². The Bertz CT molecular complexity index is 941. The highest BCUT2D eigenvalue weighted by Crippen LogP contribution is 2.33. The number of anilines is 1. The molecule has 1 amide bonds. The lowest BCUT2D eigenvalue weighted by atomic mass is 9.75. The van der Waals surface area contributed by atoms with Crippen LogP contribution in [-0.2, 0) is 4.79 Å². The second-order valence-electron chi connectivity index (χ2n) is 7.86. The van der Waals surface area contributed by atoms with Gasteiger partial charge >= 0.3 is 5.97 Å². The molecule has 0 heterocycles. The zero-order valence-electron chi connectivity index (χ0n) is 17.4. The molecule has 7 heteroatoms. The van der Waals surface area contributed by atoms with E-state index in [0.29, 0.717) is 30.0 Å². The highest BCUT2D eigenvalue weighted by molar-refractivity contribution is 6.30. The Morgan fingerprint density at radius 1 is 1.23 bits per heavy atom. The molecule has 0 aromatic heterocycles. The molecule has 1 aliphatic carbocycles. The van der Waals surface area contributed by atoms with Gasteiger partial charge in [0.1, 0.15) is 5.75 Å². The number of hydrogen-bond acceptors (Lipinski definition) is 4. The fourth-order valence-electron chi connectivity index (χ4n) is 3.76. The number of carbonyl (C=O) groups excluding carboxylic acids is 1. The quantitative estimate of drug-likeness (QED) is 0.566. The van der Waals surface area contributed by atoms with Crippen LogP contribution in [0.2, 0.25) is 5.02 Å². The number of ether oxygens (including phenoxy) is 1. The van der Waals surface area contributed by atoms with Gasteiger partial charge in [-0.15, -0.1) is 0 Å². The van der Waals surface area contributed by atoms with Crippen LogP contribution in [0.25, 0.3) is 0 Å². The smallest absolute Gasteiger partial charge is 0.306 e. The number of carboxylic acids is 1. The predicted molar refractivity (Wildman–Crippen MR) is 117 cm³/mol. The van der Waals surface area contributed by atoms with E-state index in [1.807, 2.05) is 38.1 Å². The average molecular weight is 431 g/mol. The van der Waals surface area contributed by atoms with Crippen molar-refractivity contribution in [1.29, 1.82) is 0 Å². The number of hydrogen-bond donors (Lipinski definition) is 3. The van der Waals surface area contributed by atoms with Crippen LogP contribution in [0.3, 0.4) is 0 Å². The molecule has 2 aromatic carbocycles. The first-order valence-electron chi connectivity index (χ1n) is 10.00. The Morgan fingerprint density at radius 2 is 1.97 bits per heavy atom. The van der Waals surface area contributed by atoms with Gasteiger partial charge in [0.15, 0.2) is 0 Å². The standard InChI is InChI=1S/C23H27ClN2O4/c1-13-8-16(22(27)25-12-15-9-17(10-15)23(28)29)4-6-20(13)26-14(2)19-11-18(24)5-7-21(19)30-3/h4-8,11,14-15,17,26H,9-10,12H2,1-3H3,(H,25,27)(H,28,29)/t14-,15?,17?/m0/s1.